The second-order valence-electron chi connectivity index (χ2n) is 3.53. The van der Waals surface area contributed by atoms with Crippen LogP contribution in [0.15, 0.2) is 6.07 Å². The molecule has 0 heterocycles. The van der Waals surface area contributed by atoms with E-state index in [0.29, 0.717) is 11.1 Å². The van der Waals surface area contributed by atoms with E-state index in [9.17, 15) is 9.90 Å². The number of ether oxygens (including phenoxy) is 1. The number of hydrogen-bond donors (Lipinski definition) is 2. The van der Waals surface area contributed by atoms with Gasteiger partial charge in [-0.05, 0) is 31.0 Å². The minimum absolute atomic E-state index is 0.0340. The molecule has 1 aromatic carbocycles. The standard InChI is InChI=1S/C11H13ClO4/c1-5-4-7(16-3)10(13)9(12)8(5)6(2)11(14)15/h4,6,13H,1-3H3,(H,14,15). The van der Waals surface area contributed by atoms with Crippen LogP contribution >= 0.6 is 11.6 Å². The lowest BCUT2D eigenvalue weighted by Gasteiger charge is -2.15. The average Bonchev–Trinajstić information content (AvgIpc) is 2.23. The number of phenolic OH excluding ortho intramolecular Hbond substituents is 1. The van der Waals surface area contributed by atoms with Gasteiger partial charge in [0.05, 0.1) is 18.1 Å². The number of carboxylic acid groups (broad SMARTS) is 1. The molecule has 0 spiro atoms. The van der Waals surface area contributed by atoms with Gasteiger partial charge >= 0.3 is 5.97 Å². The first-order valence-electron chi connectivity index (χ1n) is 4.68. The summed E-state index contributed by atoms with van der Waals surface area (Å²) in [6.45, 7) is 3.24. The maximum Gasteiger partial charge on any atom is 0.310 e. The van der Waals surface area contributed by atoms with Crippen molar-refractivity contribution in [3.05, 3.63) is 22.2 Å². The molecule has 0 fully saturated rings. The Balaban J connectivity index is 3.41. The monoisotopic (exact) mass is 244 g/mol. The van der Waals surface area contributed by atoms with Gasteiger partial charge < -0.3 is 14.9 Å². The van der Waals surface area contributed by atoms with E-state index in [1.165, 1.54) is 14.0 Å². The van der Waals surface area contributed by atoms with Crippen molar-refractivity contribution in [1.29, 1.82) is 0 Å². The molecule has 0 saturated carbocycles. The fraction of sp³-hybridized carbons (Fsp3) is 0.364. The first-order chi connectivity index (χ1) is 7.40. The summed E-state index contributed by atoms with van der Waals surface area (Å²) in [5.74, 6) is -1.75. The number of carboxylic acids is 1. The summed E-state index contributed by atoms with van der Waals surface area (Å²) in [7, 11) is 1.41. The van der Waals surface area contributed by atoms with Crippen LogP contribution in [-0.2, 0) is 4.79 Å². The van der Waals surface area contributed by atoms with Crippen molar-refractivity contribution < 1.29 is 19.7 Å². The van der Waals surface area contributed by atoms with Crippen LogP contribution in [0.25, 0.3) is 0 Å². The molecule has 0 saturated heterocycles. The molecule has 0 radical (unpaired) electrons. The lowest BCUT2D eigenvalue weighted by atomic mass is 9.95. The summed E-state index contributed by atoms with van der Waals surface area (Å²) in [6, 6.07) is 1.57. The van der Waals surface area contributed by atoms with Gasteiger partial charge in [0.1, 0.15) is 0 Å². The molecule has 16 heavy (non-hydrogen) atoms. The largest absolute Gasteiger partial charge is 0.503 e. The highest BCUT2D eigenvalue weighted by atomic mass is 35.5. The van der Waals surface area contributed by atoms with Gasteiger partial charge in [0.2, 0.25) is 0 Å². The van der Waals surface area contributed by atoms with E-state index in [0.717, 1.165) is 0 Å². The van der Waals surface area contributed by atoms with E-state index < -0.39 is 11.9 Å². The third kappa shape index (κ3) is 2.07. The Morgan fingerprint density at radius 3 is 2.56 bits per heavy atom. The van der Waals surface area contributed by atoms with Crippen LogP contribution in [0.5, 0.6) is 11.5 Å². The minimum Gasteiger partial charge on any atom is -0.503 e. The van der Waals surface area contributed by atoms with Gasteiger partial charge in [0, 0.05) is 0 Å². The van der Waals surface area contributed by atoms with Crippen molar-refractivity contribution in [2.75, 3.05) is 7.11 Å². The van der Waals surface area contributed by atoms with Gasteiger partial charge in [-0.1, -0.05) is 11.6 Å². The first kappa shape index (κ1) is 12.6. The fourth-order valence-corrected chi connectivity index (χ4v) is 1.97. The van der Waals surface area contributed by atoms with Crippen LogP contribution in [0.4, 0.5) is 0 Å². The molecular formula is C11H13ClO4. The highest BCUT2D eigenvalue weighted by Crippen LogP contribution is 2.41. The quantitative estimate of drug-likeness (QED) is 0.858. The maximum absolute atomic E-state index is 10.9. The molecule has 0 aliphatic heterocycles. The van der Waals surface area contributed by atoms with Gasteiger partial charge in [-0.15, -0.1) is 0 Å². The number of aromatic hydroxyl groups is 1. The Labute approximate surface area is 98.4 Å². The predicted molar refractivity (Wildman–Crippen MR) is 60.5 cm³/mol. The SMILES string of the molecule is COc1cc(C)c(C(C)C(=O)O)c(Cl)c1O. The molecule has 1 atom stereocenters. The van der Waals surface area contributed by atoms with Crippen molar-refractivity contribution in [1.82, 2.24) is 0 Å². The molecule has 1 aromatic rings. The first-order valence-corrected chi connectivity index (χ1v) is 5.06. The van der Waals surface area contributed by atoms with Crippen LogP contribution in [-0.4, -0.2) is 23.3 Å². The van der Waals surface area contributed by atoms with E-state index in [2.05, 4.69) is 0 Å². The summed E-state index contributed by atoms with van der Waals surface area (Å²) < 4.78 is 4.92. The third-order valence-corrected chi connectivity index (χ3v) is 2.86. The Morgan fingerprint density at radius 2 is 2.12 bits per heavy atom. The molecule has 1 unspecified atom stereocenters. The lowest BCUT2D eigenvalue weighted by molar-refractivity contribution is -0.138. The Kier molecular flexibility index (Phi) is 3.65. The van der Waals surface area contributed by atoms with Gasteiger partial charge in [0.25, 0.3) is 0 Å². The second-order valence-corrected chi connectivity index (χ2v) is 3.91. The molecule has 2 N–H and O–H groups in total. The van der Waals surface area contributed by atoms with E-state index in [4.69, 9.17) is 21.4 Å². The number of halogens is 1. The van der Waals surface area contributed by atoms with E-state index in [1.807, 2.05) is 0 Å². The number of phenols is 1. The summed E-state index contributed by atoms with van der Waals surface area (Å²) in [5, 5.41) is 18.6. The highest BCUT2D eigenvalue weighted by Gasteiger charge is 2.23. The minimum atomic E-state index is -0.991. The van der Waals surface area contributed by atoms with Crippen LogP contribution in [0.3, 0.4) is 0 Å². The number of methoxy groups -OCH3 is 1. The number of aliphatic carboxylic acids is 1. The molecule has 0 bridgehead atoms. The van der Waals surface area contributed by atoms with Crippen molar-refractivity contribution in [2.24, 2.45) is 0 Å². The summed E-state index contributed by atoms with van der Waals surface area (Å²) in [5.41, 5.74) is 1.09. The van der Waals surface area contributed by atoms with Gasteiger partial charge in [0.15, 0.2) is 11.5 Å². The van der Waals surface area contributed by atoms with Gasteiger partial charge in [-0.3, -0.25) is 4.79 Å². The van der Waals surface area contributed by atoms with E-state index in [-0.39, 0.29) is 16.5 Å². The normalized spacial score (nSPS) is 12.2. The lowest BCUT2D eigenvalue weighted by Crippen LogP contribution is -2.10. The molecule has 5 heteroatoms. The van der Waals surface area contributed by atoms with Crippen molar-refractivity contribution >= 4 is 17.6 Å². The Morgan fingerprint density at radius 1 is 1.56 bits per heavy atom. The van der Waals surface area contributed by atoms with Crippen molar-refractivity contribution in [3.63, 3.8) is 0 Å². The average molecular weight is 245 g/mol. The summed E-state index contributed by atoms with van der Waals surface area (Å²) in [4.78, 5) is 10.9. The number of aryl methyl sites for hydroxylation is 1. The van der Waals surface area contributed by atoms with Gasteiger partial charge in [-0.2, -0.15) is 0 Å². The topological polar surface area (TPSA) is 66.8 Å². The molecule has 4 nitrogen and oxygen atoms in total. The summed E-state index contributed by atoms with van der Waals surface area (Å²) in [6.07, 6.45) is 0. The zero-order chi connectivity index (χ0) is 12.5. The zero-order valence-electron chi connectivity index (χ0n) is 9.24. The highest BCUT2D eigenvalue weighted by molar-refractivity contribution is 6.33. The Bertz CT molecular complexity index is 428. The van der Waals surface area contributed by atoms with Crippen LogP contribution in [0.1, 0.15) is 24.0 Å². The third-order valence-electron chi connectivity index (χ3n) is 2.47. The molecule has 0 aliphatic rings. The van der Waals surface area contributed by atoms with E-state index >= 15 is 0 Å². The number of hydrogen-bond acceptors (Lipinski definition) is 3. The fourth-order valence-electron chi connectivity index (χ4n) is 1.56. The van der Waals surface area contributed by atoms with Crippen LogP contribution in [0, 0.1) is 6.92 Å². The molecule has 0 aliphatic carbocycles. The maximum atomic E-state index is 10.9. The van der Waals surface area contributed by atoms with Crippen molar-refractivity contribution in [2.45, 2.75) is 19.8 Å². The van der Waals surface area contributed by atoms with Crippen LogP contribution in [0.2, 0.25) is 5.02 Å². The Hall–Kier alpha value is -1.42. The van der Waals surface area contributed by atoms with Gasteiger partial charge in [-0.25, -0.2) is 0 Å². The number of benzene rings is 1. The smallest absolute Gasteiger partial charge is 0.310 e. The molecule has 0 aromatic heterocycles. The number of rotatable bonds is 3. The molecule has 0 amide bonds. The molecule has 1 rings (SSSR count). The predicted octanol–water partition coefficient (Wildman–Crippen LogP) is 2.55. The zero-order valence-corrected chi connectivity index (χ0v) is 10.00. The molecular weight excluding hydrogens is 232 g/mol. The summed E-state index contributed by atoms with van der Waals surface area (Å²) >= 11 is 5.93. The van der Waals surface area contributed by atoms with E-state index in [1.54, 1.807) is 13.0 Å². The van der Waals surface area contributed by atoms with Crippen LogP contribution < -0.4 is 4.74 Å². The molecule has 88 valence electrons. The van der Waals surface area contributed by atoms with Crippen molar-refractivity contribution in [3.8, 4) is 11.5 Å². The number of carbonyl (C=O) groups is 1. The second kappa shape index (κ2) is 4.61.